The summed E-state index contributed by atoms with van der Waals surface area (Å²) in [6.45, 7) is 0. The predicted molar refractivity (Wildman–Crippen MR) is 267 cm³/mol. The molecule has 0 fully saturated rings. The van der Waals surface area contributed by atoms with Gasteiger partial charge in [-0.2, -0.15) is 0 Å². The SMILES string of the molecule is c1ccc(-n2c3ccccc3c3ccc(-c4nc(-c5ccc6ccccc6c5)nc(-c5c(-n6c7ccccc7c7cc8ccccc8cc76)ccc6oc7ccccc7c56)n4)cc32)cc1. The molecule has 0 bridgehead atoms. The van der Waals surface area contributed by atoms with Gasteiger partial charge in [0.25, 0.3) is 0 Å². The van der Waals surface area contributed by atoms with Crippen molar-refractivity contribution in [1.29, 1.82) is 0 Å². The lowest BCUT2D eigenvalue weighted by atomic mass is 10.0. The number of hydrogen-bond acceptors (Lipinski definition) is 4. The van der Waals surface area contributed by atoms with E-state index in [9.17, 15) is 0 Å². The van der Waals surface area contributed by atoms with Crippen LogP contribution in [-0.4, -0.2) is 24.1 Å². The molecule has 0 saturated carbocycles. The second-order valence-corrected chi connectivity index (χ2v) is 16.8. The number of rotatable bonds is 5. The first-order valence-electron chi connectivity index (χ1n) is 21.9. The predicted octanol–water partition coefficient (Wildman–Crippen LogP) is 15.3. The van der Waals surface area contributed by atoms with Gasteiger partial charge in [0.1, 0.15) is 11.2 Å². The fourth-order valence-electron chi connectivity index (χ4n) is 10.2. The molecule has 0 N–H and O–H groups in total. The minimum absolute atomic E-state index is 0.556. The number of fused-ring (bicyclic) bond motifs is 11. The Labute approximate surface area is 371 Å². The van der Waals surface area contributed by atoms with Crippen molar-refractivity contribution < 1.29 is 4.42 Å². The minimum Gasteiger partial charge on any atom is -0.456 e. The molecule has 0 amide bonds. The van der Waals surface area contributed by atoms with Gasteiger partial charge in [-0.1, -0.05) is 146 Å². The van der Waals surface area contributed by atoms with Crippen LogP contribution in [-0.2, 0) is 0 Å². The van der Waals surface area contributed by atoms with Crippen LogP contribution in [0.5, 0.6) is 0 Å². The van der Waals surface area contributed by atoms with E-state index in [-0.39, 0.29) is 0 Å². The molecule has 10 aromatic carbocycles. The summed E-state index contributed by atoms with van der Waals surface area (Å²) < 4.78 is 11.4. The van der Waals surface area contributed by atoms with Crippen molar-refractivity contribution in [2.24, 2.45) is 0 Å². The van der Waals surface area contributed by atoms with Gasteiger partial charge in [-0.15, -0.1) is 0 Å². The third-order valence-electron chi connectivity index (χ3n) is 13.1. The third-order valence-corrected chi connectivity index (χ3v) is 13.1. The zero-order chi connectivity index (χ0) is 42.6. The van der Waals surface area contributed by atoms with E-state index in [2.05, 4.69) is 209 Å². The van der Waals surface area contributed by atoms with Gasteiger partial charge in [-0.25, -0.2) is 15.0 Å². The Morgan fingerprint density at radius 1 is 0.323 bits per heavy atom. The topological polar surface area (TPSA) is 61.7 Å². The highest BCUT2D eigenvalue weighted by Crippen LogP contribution is 2.44. The fourth-order valence-corrected chi connectivity index (χ4v) is 10.2. The maximum absolute atomic E-state index is 6.65. The summed E-state index contributed by atoms with van der Waals surface area (Å²) in [4.78, 5) is 16.4. The first-order chi connectivity index (χ1) is 32.2. The summed E-state index contributed by atoms with van der Waals surface area (Å²) >= 11 is 0. The van der Waals surface area contributed by atoms with E-state index in [1.165, 1.54) is 26.9 Å². The number of nitrogens with zero attached hydrogens (tertiary/aromatic N) is 5. The van der Waals surface area contributed by atoms with E-state index in [0.29, 0.717) is 17.5 Å². The Bertz CT molecular complexity index is 4250. The van der Waals surface area contributed by atoms with Gasteiger partial charge in [0.2, 0.25) is 0 Å². The van der Waals surface area contributed by atoms with Gasteiger partial charge in [0.15, 0.2) is 17.5 Å². The Morgan fingerprint density at radius 3 is 1.66 bits per heavy atom. The van der Waals surface area contributed by atoms with Gasteiger partial charge >= 0.3 is 0 Å². The zero-order valence-corrected chi connectivity index (χ0v) is 34.9. The van der Waals surface area contributed by atoms with Crippen LogP contribution in [0.2, 0.25) is 0 Å². The van der Waals surface area contributed by atoms with Crippen LogP contribution in [0.4, 0.5) is 0 Å². The van der Waals surface area contributed by atoms with Crippen molar-refractivity contribution in [3.05, 3.63) is 212 Å². The number of hydrogen-bond donors (Lipinski definition) is 0. The van der Waals surface area contributed by atoms with Crippen LogP contribution in [0.3, 0.4) is 0 Å². The van der Waals surface area contributed by atoms with Crippen LogP contribution >= 0.6 is 0 Å². The summed E-state index contributed by atoms with van der Waals surface area (Å²) in [5.74, 6) is 1.72. The molecule has 0 spiro atoms. The lowest BCUT2D eigenvalue weighted by molar-refractivity contribution is 0.669. The van der Waals surface area contributed by atoms with Crippen LogP contribution in [0.25, 0.3) is 133 Å². The maximum atomic E-state index is 6.65. The lowest BCUT2D eigenvalue weighted by Gasteiger charge is -2.16. The fraction of sp³-hybridized carbons (Fsp3) is 0. The molecule has 0 aliphatic rings. The summed E-state index contributed by atoms with van der Waals surface area (Å²) in [5, 5.41) is 11.3. The number of furan rings is 1. The van der Waals surface area contributed by atoms with E-state index in [1.807, 2.05) is 12.1 Å². The lowest BCUT2D eigenvalue weighted by Crippen LogP contribution is -2.04. The molecular weight excluding hydrogens is 795 g/mol. The second-order valence-electron chi connectivity index (χ2n) is 16.8. The monoisotopic (exact) mass is 829 g/mol. The molecule has 14 rings (SSSR count). The molecule has 0 atom stereocenters. The normalized spacial score (nSPS) is 12.0. The van der Waals surface area contributed by atoms with E-state index in [1.54, 1.807) is 0 Å². The van der Waals surface area contributed by atoms with E-state index in [0.717, 1.165) is 88.2 Å². The van der Waals surface area contributed by atoms with E-state index in [4.69, 9.17) is 19.4 Å². The number of aromatic nitrogens is 5. The maximum Gasteiger partial charge on any atom is 0.166 e. The Balaban J connectivity index is 1.10. The Hall–Kier alpha value is -8.87. The van der Waals surface area contributed by atoms with Crippen LogP contribution in [0, 0.1) is 0 Å². The highest BCUT2D eigenvalue weighted by molar-refractivity contribution is 6.17. The molecule has 0 aliphatic carbocycles. The second kappa shape index (κ2) is 13.8. The average molecular weight is 830 g/mol. The summed E-state index contributed by atoms with van der Waals surface area (Å²) in [5.41, 5.74) is 10.7. The van der Waals surface area contributed by atoms with Crippen molar-refractivity contribution >= 4 is 87.1 Å². The molecule has 0 radical (unpaired) electrons. The van der Waals surface area contributed by atoms with Gasteiger partial charge in [-0.05, 0) is 88.3 Å². The number of benzene rings is 10. The largest absolute Gasteiger partial charge is 0.456 e. The van der Waals surface area contributed by atoms with Crippen molar-refractivity contribution in [1.82, 2.24) is 24.1 Å². The first-order valence-corrected chi connectivity index (χ1v) is 21.9. The van der Waals surface area contributed by atoms with E-state index < -0.39 is 0 Å². The van der Waals surface area contributed by atoms with Crippen LogP contribution in [0.15, 0.2) is 217 Å². The zero-order valence-electron chi connectivity index (χ0n) is 34.9. The standard InChI is InChI=1S/C59H35N5O/c1-2-18-42(19-3-1)63-48-23-11-8-20-43(48)45-29-28-41(35-51(45)63)58-60-57(40-27-26-36-14-4-5-15-37(36)32-40)61-59(62-58)56-50(30-31-54-55(56)46-22-10-13-25-53(46)65-54)64-49-24-12-9-21-44(49)47-33-38-16-6-7-17-39(38)34-52(47)64/h1-35H. The molecule has 0 aliphatic heterocycles. The summed E-state index contributed by atoms with van der Waals surface area (Å²) in [6.07, 6.45) is 0. The summed E-state index contributed by atoms with van der Waals surface area (Å²) in [6, 6.07) is 75.0. The first kappa shape index (κ1) is 35.7. The molecule has 302 valence electrons. The molecule has 6 nitrogen and oxygen atoms in total. The molecular formula is C59H35N5O. The Kier molecular flexibility index (Phi) is 7.59. The molecule has 6 heteroatoms. The molecule has 4 heterocycles. The molecule has 0 saturated heterocycles. The highest BCUT2D eigenvalue weighted by atomic mass is 16.3. The Morgan fingerprint density at radius 2 is 0.877 bits per heavy atom. The molecule has 0 unspecified atom stereocenters. The average Bonchev–Trinajstić information content (AvgIpc) is 4.02. The third kappa shape index (κ3) is 5.44. The van der Waals surface area contributed by atoms with Gasteiger partial charge in [-0.3, -0.25) is 0 Å². The number of para-hydroxylation sites is 4. The molecule has 4 aromatic heterocycles. The van der Waals surface area contributed by atoms with Gasteiger partial charge in [0, 0.05) is 49.1 Å². The van der Waals surface area contributed by atoms with Gasteiger partial charge < -0.3 is 13.6 Å². The minimum atomic E-state index is 0.556. The van der Waals surface area contributed by atoms with Crippen LogP contribution in [0.1, 0.15) is 0 Å². The van der Waals surface area contributed by atoms with Gasteiger partial charge in [0.05, 0.1) is 33.3 Å². The smallest absolute Gasteiger partial charge is 0.166 e. The van der Waals surface area contributed by atoms with Crippen molar-refractivity contribution in [3.8, 4) is 45.5 Å². The molecule has 65 heavy (non-hydrogen) atoms. The van der Waals surface area contributed by atoms with Crippen molar-refractivity contribution in [3.63, 3.8) is 0 Å². The van der Waals surface area contributed by atoms with Crippen molar-refractivity contribution in [2.75, 3.05) is 0 Å². The quantitative estimate of drug-likeness (QED) is 0.173. The van der Waals surface area contributed by atoms with Crippen molar-refractivity contribution in [2.45, 2.75) is 0 Å². The highest BCUT2D eigenvalue weighted by Gasteiger charge is 2.25. The summed E-state index contributed by atoms with van der Waals surface area (Å²) in [7, 11) is 0. The van der Waals surface area contributed by atoms with E-state index >= 15 is 0 Å². The van der Waals surface area contributed by atoms with Crippen LogP contribution < -0.4 is 0 Å². The molecule has 14 aromatic rings.